The fourth-order valence-electron chi connectivity index (χ4n) is 2.52. The normalized spacial score (nSPS) is 10.5. The van der Waals surface area contributed by atoms with Crippen LogP contribution in [-0.4, -0.2) is 16.9 Å². The SMILES string of the molecule is O=C(C=Cc1ccc(-c2ccccc2)cc1)NC(=S)NNC(=O)Cc1cccs1. The monoisotopic (exact) mass is 421 g/mol. The first-order valence-electron chi connectivity index (χ1n) is 8.86. The van der Waals surface area contributed by atoms with Gasteiger partial charge in [-0.15, -0.1) is 11.3 Å². The molecule has 146 valence electrons. The molecule has 3 aromatic rings. The van der Waals surface area contributed by atoms with Crippen LogP contribution >= 0.6 is 23.6 Å². The van der Waals surface area contributed by atoms with Crippen molar-refractivity contribution in [1.29, 1.82) is 0 Å². The standard InChI is InChI=1S/C22H19N3O2S2/c26-20(23-22(28)25-24-21(27)15-19-7-4-14-29-19)13-10-16-8-11-18(12-9-16)17-5-2-1-3-6-17/h1-14H,15H2,(H,24,27)(H2,23,25,26,28). The lowest BCUT2D eigenvalue weighted by Gasteiger charge is -2.09. The van der Waals surface area contributed by atoms with Crippen molar-refractivity contribution >= 4 is 46.6 Å². The molecular weight excluding hydrogens is 402 g/mol. The molecule has 29 heavy (non-hydrogen) atoms. The van der Waals surface area contributed by atoms with Crippen molar-refractivity contribution in [3.63, 3.8) is 0 Å². The van der Waals surface area contributed by atoms with Gasteiger partial charge in [0.1, 0.15) is 0 Å². The molecule has 5 nitrogen and oxygen atoms in total. The van der Waals surface area contributed by atoms with Gasteiger partial charge < -0.3 is 0 Å². The molecule has 2 aromatic carbocycles. The molecule has 0 saturated heterocycles. The van der Waals surface area contributed by atoms with E-state index in [0.717, 1.165) is 21.6 Å². The number of benzene rings is 2. The van der Waals surface area contributed by atoms with Crippen molar-refractivity contribution in [3.8, 4) is 11.1 Å². The van der Waals surface area contributed by atoms with E-state index in [4.69, 9.17) is 12.2 Å². The summed E-state index contributed by atoms with van der Waals surface area (Å²) in [4.78, 5) is 24.7. The molecule has 0 bridgehead atoms. The van der Waals surface area contributed by atoms with E-state index in [2.05, 4.69) is 16.2 Å². The molecule has 0 aliphatic heterocycles. The van der Waals surface area contributed by atoms with Crippen LogP contribution in [0.25, 0.3) is 17.2 Å². The van der Waals surface area contributed by atoms with Crippen LogP contribution in [0.5, 0.6) is 0 Å². The van der Waals surface area contributed by atoms with Crippen LogP contribution in [0, 0.1) is 0 Å². The van der Waals surface area contributed by atoms with E-state index < -0.39 is 0 Å². The lowest BCUT2D eigenvalue weighted by molar-refractivity contribution is -0.121. The van der Waals surface area contributed by atoms with E-state index in [0.29, 0.717) is 0 Å². The fraction of sp³-hybridized carbons (Fsp3) is 0.0455. The van der Waals surface area contributed by atoms with Gasteiger partial charge in [-0.3, -0.25) is 25.8 Å². The first-order chi connectivity index (χ1) is 14.1. The lowest BCUT2D eigenvalue weighted by atomic mass is 10.0. The van der Waals surface area contributed by atoms with Gasteiger partial charge >= 0.3 is 0 Å². The molecule has 0 saturated carbocycles. The highest BCUT2D eigenvalue weighted by Gasteiger charge is 2.06. The average Bonchev–Trinajstić information content (AvgIpc) is 3.25. The van der Waals surface area contributed by atoms with Gasteiger partial charge in [-0.2, -0.15) is 0 Å². The highest BCUT2D eigenvalue weighted by molar-refractivity contribution is 7.80. The van der Waals surface area contributed by atoms with E-state index in [1.807, 2.05) is 72.1 Å². The number of carbonyl (C=O) groups excluding carboxylic acids is 2. The van der Waals surface area contributed by atoms with Gasteiger partial charge in [-0.05, 0) is 46.4 Å². The van der Waals surface area contributed by atoms with E-state index in [-0.39, 0.29) is 23.3 Å². The number of carbonyl (C=O) groups is 2. The summed E-state index contributed by atoms with van der Waals surface area (Å²) in [6, 6.07) is 21.7. The number of hydrogen-bond acceptors (Lipinski definition) is 4. The minimum absolute atomic E-state index is 0.0265. The third-order valence-electron chi connectivity index (χ3n) is 3.91. The molecule has 2 amide bonds. The fourth-order valence-corrected chi connectivity index (χ4v) is 3.37. The van der Waals surface area contributed by atoms with Crippen molar-refractivity contribution < 1.29 is 9.59 Å². The Bertz CT molecular complexity index is 998. The highest BCUT2D eigenvalue weighted by Crippen LogP contribution is 2.19. The van der Waals surface area contributed by atoms with Gasteiger partial charge in [0.05, 0.1) is 6.42 Å². The number of rotatable bonds is 5. The molecule has 3 N–H and O–H groups in total. The molecule has 3 rings (SSSR count). The summed E-state index contributed by atoms with van der Waals surface area (Å²) in [5, 5.41) is 4.42. The predicted octanol–water partition coefficient (Wildman–Crippen LogP) is 3.69. The molecule has 0 fully saturated rings. The largest absolute Gasteiger partial charge is 0.298 e. The first kappa shape index (κ1) is 20.4. The Balaban J connectivity index is 1.44. The number of thiophene rings is 1. The van der Waals surface area contributed by atoms with Gasteiger partial charge in [0.2, 0.25) is 11.8 Å². The zero-order chi connectivity index (χ0) is 20.5. The highest BCUT2D eigenvalue weighted by atomic mass is 32.1. The van der Waals surface area contributed by atoms with Gasteiger partial charge in [0.25, 0.3) is 0 Å². The smallest absolute Gasteiger partial charge is 0.250 e. The Morgan fingerprint density at radius 1 is 0.897 bits per heavy atom. The Kier molecular flexibility index (Phi) is 7.27. The molecular formula is C22H19N3O2S2. The quantitative estimate of drug-likeness (QED) is 0.334. The van der Waals surface area contributed by atoms with Crippen molar-refractivity contribution in [3.05, 3.63) is 88.6 Å². The van der Waals surface area contributed by atoms with Gasteiger partial charge in [0, 0.05) is 11.0 Å². The molecule has 1 heterocycles. The van der Waals surface area contributed by atoms with Crippen LogP contribution in [0.1, 0.15) is 10.4 Å². The topological polar surface area (TPSA) is 70.2 Å². The van der Waals surface area contributed by atoms with E-state index >= 15 is 0 Å². The zero-order valence-electron chi connectivity index (χ0n) is 15.4. The Labute approximate surface area is 178 Å². The molecule has 0 aliphatic rings. The second kappa shape index (κ2) is 10.3. The lowest BCUT2D eigenvalue weighted by Crippen LogP contribution is -2.48. The van der Waals surface area contributed by atoms with Crippen molar-refractivity contribution in [2.45, 2.75) is 6.42 Å². The van der Waals surface area contributed by atoms with E-state index in [1.54, 1.807) is 6.08 Å². The van der Waals surface area contributed by atoms with Crippen LogP contribution < -0.4 is 16.2 Å². The van der Waals surface area contributed by atoms with Crippen LogP contribution in [-0.2, 0) is 16.0 Å². The summed E-state index contributed by atoms with van der Waals surface area (Å²) < 4.78 is 0. The number of nitrogens with one attached hydrogen (secondary N) is 3. The maximum Gasteiger partial charge on any atom is 0.250 e. The van der Waals surface area contributed by atoms with E-state index in [9.17, 15) is 9.59 Å². The summed E-state index contributed by atoms with van der Waals surface area (Å²) in [7, 11) is 0. The predicted molar refractivity (Wildman–Crippen MR) is 121 cm³/mol. The second-order valence-corrected chi connectivity index (χ2v) is 7.51. The Hall–Kier alpha value is -3.29. The van der Waals surface area contributed by atoms with Crippen molar-refractivity contribution in [1.82, 2.24) is 16.2 Å². The number of hydrazine groups is 1. The summed E-state index contributed by atoms with van der Waals surface area (Å²) in [5.41, 5.74) is 8.12. The summed E-state index contributed by atoms with van der Waals surface area (Å²) in [6.07, 6.45) is 3.33. The Morgan fingerprint density at radius 2 is 1.62 bits per heavy atom. The van der Waals surface area contributed by atoms with Gasteiger partial charge in [-0.1, -0.05) is 60.7 Å². The maximum atomic E-state index is 12.0. The maximum absolute atomic E-state index is 12.0. The molecule has 7 heteroatoms. The number of hydrogen-bond donors (Lipinski definition) is 3. The van der Waals surface area contributed by atoms with Crippen LogP contribution in [0.4, 0.5) is 0 Å². The van der Waals surface area contributed by atoms with Gasteiger partial charge in [0.15, 0.2) is 5.11 Å². The molecule has 0 spiro atoms. The van der Waals surface area contributed by atoms with Gasteiger partial charge in [-0.25, -0.2) is 0 Å². The van der Waals surface area contributed by atoms with Crippen molar-refractivity contribution in [2.24, 2.45) is 0 Å². The molecule has 0 radical (unpaired) electrons. The summed E-state index contributed by atoms with van der Waals surface area (Å²) >= 11 is 6.51. The average molecular weight is 422 g/mol. The molecule has 1 aromatic heterocycles. The van der Waals surface area contributed by atoms with E-state index in [1.165, 1.54) is 17.4 Å². The minimum atomic E-state index is -0.387. The van der Waals surface area contributed by atoms with Crippen LogP contribution in [0.15, 0.2) is 78.2 Å². The third kappa shape index (κ3) is 6.67. The minimum Gasteiger partial charge on any atom is -0.298 e. The Morgan fingerprint density at radius 3 is 2.31 bits per heavy atom. The van der Waals surface area contributed by atoms with Crippen LogP contribution in [0.3, 0.4) is 0 Å². The first-order valence-corrected chi connectivity index (χ1v) is 10.1. The number of amides is 2. The molecule has 0 atom stereocenters. The van der Waals surface area contributed by atoms with Crippen molar-refractivity contribution in [2.75, 3.05) is 0 Å². The molecule has 0 aliphatic carbocycles. The molecule has 0 unspecified atom stereocenters. The van der Waals surface area contributed by atoms with Crippen LogP contribution in [0.2, 0.25) is 0 Å². The zero-order valence-corrected chi connectivity index (χ0v) is 17.1. The number of thiocarbonyl (C=S) groups is 1. The summed E-state index contributed by atoms with van der Waals surface area (Å²) in [5.74, 6) is -0.625. The summed E-state index contributed by atoms with van der Waals surface area (Å²) in [6.45, 7) is 0. The second-order valence-electron chi connectivity index (χ2n) is 6.07. The third-order valence-corrected chi connectivity index (χ3v) is 4.99.